The normalized spacial score (nSPS) is 10.2. The maximum atomic E-state index is 12.5. The maximum absolute atomic E-state index is 12.5. The van der Waals surface area contributed by atoms with Gasteiger partial charge in [0.1, 0.15) is 5.00 Å². The number of ether oxygens (including phenoxy) is 2. The zero-order valence-electron chi connectivity index (χ0n) is 16.6. The van der Waals surface area contributed by atoms with E-state index in [-0.39, 0.29) is 29.3 Å². The summed E-state index contributed by atoms with van der Waals surface area (Å²) in [5, 5.41) is 5.52. The predicted molar refractivity (Wildman–Crippen MR) is 109 cm³/mol. The van der Waals surface area contributed by atoms with Crippen LogP contribution in [0.4, 0.5) is 10.7 Å². The second-order valence-corrected chi connectivity index (χ2v) is 7.28. The smallest absolute Gasteiger partial charge is 0.341 e. The number of carbonyl (C=O) groups is 4. The predicted octanol–water partition coefficient (Wildman–Crippen LogP) is 3.30. The van der Waals surface area contributed by atoms with Gasteiger partial charge in [-0.05, 0) is 38.5 Å². The molecule has 0 saturated carbocycles. The highest BCUT2D eigenvalue weighted by atomic mass is 32.1. The molecule has 2 aromatic rings. The molecule has 154 valence electrons. The zero-order chi connectivity index (χ0) is 21.6. The van der Waals surface area contributed by atoms with Gasteiger partial charge in [0.25, 0.3) is 5.91 Å². The molecule has 0 bridgehead atoms. The van der Waals surface area contributed by atoms with Crippen molar-refractivity contribution in [3.63, 3.8) is 0 Å². The highest BCUT2D eigenvalue weighted by molar-refractivity contribution is 7.16. The van der Waals surface area contributed by atoms with Gasteiger partial charge in [-0.2, -0.15) is 0 Å². The molecule has 2 rings (SSSR count). The Morgan fingerprint density at radius 3 is 2.34 bits per heavy atom. The number of benzene rings is 1. The Morgan fingerprint density at radius 2 is 1.69 bits per heavy atom. The van der Waals surface area contributed by atoms with Crippen molar-refractivity contribution >= 4 is 45.8 Å². The van der Waals surface area contributed by atoms with E-state index in [1.165, 1.54) is 24.3 Å². The summed E-state index contributed by atoms with van der Waals surface area (Å²) < 4.78 is 10.1. The molecule has 1 aromatic carbocycles. The van der Waals surface area contributed by atoms with Crippen molar-refractivity contribution in [2.24, 2.45) is 0 Å². The van der Waals surface area contributed by atoms with Gasteiger partial charge in [0.2, 0.25) is 5.91 Å². The highest BCUT2D eigenvalue weighted by Gasteiger charge is 2.23. The van der Waals surface area contributed by atoms with Gasteiger partial charge in [0.05, 0.1) is 23.4 Å². The lowest BCUT2D eigenvalue weighted by molar-refractivity contribution is -0.119. The summed E-state index contributed by atoms with van der Waals surface area (Å²) in [7, 11) is 0. The van der Waals surface area contributed by atoms with Crippen LogP contribution >= 0.6 is 11.3 Å². The average Bonchev–Trinajstić information content (AvgIpc) is 2.93. The molecule has 0 unspecified atom stereocenters. The van der Waals surface area contributed by atoms with Gasteiger partial charge >= 0.3 is 11.9 Å². The number of amides is 2. The molecule has 0 fully saturated rings. The molecular weight excluding hydrogens is 396 g/mol. The minimum Gasteiger partial charge on any atom is -0.462 e. The zero-order valence-corrected chi connectivity index (χ0v) is 17.4. The Morgan fingerprint density at radius 1 is 1.00 bits per heavy atom. The molecule has 0 radical (unpaired) electrons. The standard InChI is InChI=1S/C20H22N2O6S/c1-5-27-19(25)14-8-6-7-9-15(14)22-16(24)10-28-20(26)17-11(2)12(3)29-18(17)21-13(4)23/h6-9H,5,10H2,1-4H3,(H,21,23)(H,22,24). The molecule has 1 heterocycles. The molecule has 0 atom stereocenters. The largest absolute Gasteiger partial charge is 0.462 e. The third kappa shape index (κ3) is 5.64. The van der Waals surface area contributed by atoms with Crippen LogP contribution in [0.1, 0.15) is 45.0 Å². The lowest BCUT2D eigenvalue weighted by Gasteiger charge is -2.11. The molecule has 2 N–H and O–H groups in total. The Hall–Kier alpha value is -3.20. The van der Waals surface area contributed by atoms with Crippen molar-refractivity contribution in [1.82, 2.24) is 0 Å². The van der Waals surface area contributed by atoms with E-state index in [0.717, 1.165) is 4.88 Å². The molecule has 0 aliphatic carbocycles. The van der Waals surface area contributed by atoms with Crippen LogP contribution in [0.15, 0.2) is 24.3 Å². The average molecular weight is 418 g/mol. The third-order valence-electron chi connectivity index (χ3n) is 3.91. The van der Waals surface area contributed by atoms with Crippen LogP contribution < -0.4 is 10.6 Å². The second kappa shape index (κ2) is 9.83. The number of hydrogen-bond acceptors (Lipinski definition) is 7. The molecule has 9 heteroatoms. The van der Waals surface area contributed by atoms with E-state index in [4.69, 9.17) is 9.47 Å². The number of thiophene rings is 1. The Bertz CT molecular complexity index is 950. The fourth-order valence-electron chi connectivity index (χ4n) is 2.49. The molecule has 1 aromatic heterocycles. The van der Waals surface area contributed by atoms with Gasteiger partial charge in [-0.3, -0.25) is 9.59 Å². The van der Waals surface area contributed by atoms with Gasteiger partial charge < -0.3 is 20.1 Å². The monoisotopic (exact) mass is 418 g/mol. The van der Waals surface area contributed by atoms with Crippen LogP contribution in [0, 0.1) is 13.8 Å². The van der Waals surface area contributed by atoms with E-state index in [1.54, 1.807) is 32.0 Å². The molecule has 8 nitrogen and oxygen atoms in total. The van der Waals surface area contributed by atoms with Gasteiger partial charge in [-0.1, -0.05) is 12.1 Å². The number of para-hydroxylation sites is 1. The lowest BCUT2D eigenvalue weighted by atomic mass is 10.1. The Kier molecular flexibility index (Phi) is 7.49. The summed E-state index contributed by atoms with van der Waals surface area (Å²) in [6.45, 7) is 6.24. The highest BCUT2D eigenvalue weighted by Crippen LogP contribution is 2.33. The van der Waals surface area contributed by atoms with Crippen molar-refractivity contribution in [2.45, 2.75) is 27.7 Å². The molecule has 2 amide bonds. The van der Waals surface area contributed by atoms with Gasteiger partial charge in [-0.15, -0.1) is 11.3 Å². The van der Waals surface area contributed by atoms with Gasteiger partial charge in [-0.25, -0.2) is 9.59 Å². The summed E-state index contributed by atoms with van der Waals surface area (Å²) in [6, 6.07) is 6.37. The summed E-state index contributed by atoms with van der Waals surface area (Å²) in [5.74, 6) is -2.21. The molecule has 0 aliphatic rings. The Balaban J connectivity index is 2.07. The fourth-order valence-corrected chi connectivity index (χ4v) is 3.58. The van der Waals surface area contributed by atoms with Crippen molar-refractivity contribution in [2.75, 3.05) is 23.8 Å². The van der Waals surface area contributed by atoms with Crippen molar-refractivity contribution in [1.29, 1.82) is 0 Å². The van der Waals surface area contributed by atoms with Crippen LogP contribution in [-0.2, 0) is 19.1 Å². The number of nitrogens with one attached hydrogen (secondary N) is 2. The van der Waals surface area contributed by atoms with Crippen LogP contribution in [0.2, 0.25) is 0 Å². The molecule has 0 aliphatic heterocycles. The van der Waals surface area contributed by atoms with Crippen molar-refractivity contribution in [3.05, 3.63) is 45.8 Å². The SMILES string of the molecule is CCOC(=O)c1ccccc1NC(=O)COC(=O)c1c(NC(C)=O)sc(C)c1C. The van der Waals surface area contributed by atoms with E-state index in [1.807, 2.05) is 6.92 Å². The number of hydrogen-bond donors (Lipinski definition) is 2. The van der Waals surface area contributed by atoms with Crippen LogP contribution in [0.3, 0.4) is 0 Å². The third-order valence-corrected chi connectivity index (χ3v) is 5.03. The first-order chi connectivity index (χ1) is 13.7. The maximum Gasteiger partial charge on any atom is 0.341 e. The topological polar surface area (TPSA) is 111 Å². The van der Waals surface area contributed by atoms with E-state index in [0.29, 0.717) is 10.6 Å². The van der Waals surface area contributed by atoms with Crippen LogP contribution in [-0.4, -0.2) is 37.0 Å². The number of rotatable bonds is 7. The molecule has 0 spiro atoms. The summed E-state index contributed by atoms with van der Waals surface area (Å²) in [5.41, 5.74) is 1.36. The Labute approximate surface area is 172 Å². The molecular formula is C20H22N2O6S. The number of carbonyl (C=O) groups excluding carboxylic acids is 4. The van der Waals surface area contributed by atoms with Crippen molar-refractivity contribution < 1.29 is 28.7 Å². The number of aryl methyl sites for hydroxylation is 1. The number of anilines is 2. The minimum atomic E-state index is -0.718. The fraction of sp³-hybridized carbons (Fsp3) is 0.300. The summed E-state index contributed by atoms with van der Waals surface area (Å²) in [4.78, 5) is 48.9. The second-order valence-electron chi connectivity index (χ2n) is 6.06. The van der Waals surface area contributed by atoms with Gasteiger partial charge in [0.15, 0.2) is 6.61 Å². The van der Waals surface area contributed by atoms with E-state index < -0.39 is 24.5 Å². The number of esters is 2. The van der Waals surface area contributed by atoms with E-state index >= 15 is 0 Å². The lowest BCUT2D eigenvalue weighted by Crippen LogP contribution is -2.23. The molecule has 0 saturated heterocycles. The van der Waals surface area contributed by atoms with Crippen LogP contribution in [0.25, 0.3) is 0 Å². The van der Waals surface area contributed by atoms with Crippen LogP contribution in [0.5, 0.6) is 0 Å². The summed E-state index contributed by atoms with van der Waals surface area (Å²) in [6.07, 6.45) is 0. The molecule has 29 heavy (non-hydrogen) atoms. The van der Waals surface area contributed by atoms with Gasteiger partial charge in [0, 0.05) is 11.8 Å². The quantitative estimate of drug-likeness (QED) is 0.668. The van der Waals surface area contributed by atoms with Crippen molar-refractivity contribution in [3.8, 4) is 0 Å². The van der Waals surface area contributed by atoms with E-state index in [2.05, 4.69) is 10.6 Å². The minimum absolute atomic E-state index is 0.200. The first-order valence-electron chi connectivity index (χ1n) is 8.85. The first kappa shape index (κ1) is 22.1. The summed E-state index contributed by atoms with van der Waals surface area (Å²) >= 11 is 1.26. The first-order valence-corrected chi connectivity index (χ1v) is 9.66. The van der Waals surface area contributed by atoms with E-state index in [9.17, 15) is 19.2 Å².